The Bertz CT molecular complexity index is 1310. The molecule has 206 valence electrons. The molecule has 1 saturated carbocycles. The zero-order valence-corrected chi connectivity index (χ0v) is 22.1. The fourth-order valence-corrected chi connectivity index (χ4v) is 6.31. The van der Waals surface area contributed by atoms with Gasteiger partial charge in [0, 0.05) is 35.1 Å². The normalized spacial score (nSPS) is 19.6. The number of aryl methyl sites for hydroxylation is 1. The molecular formula is C26H31F3N4O4S. The highest BCUT2D eigenvalue weighted by molar-refractivity contribution is 7.11. The van der Waals surface area contributed by atoms with Crippen LogP contribution >= 0.6 is 11.3 Å². The zero-order valence-electron chi connectivity index (χ0n) is 21.3. The number of hydrogen-bond acceptors (Lipinski definition) is 5. The van der Waals surface area contributed by atoms with Crippen molar-refractivity contribution >= 4 is 34.4 Å². The molecule has 0 bridgehead atoms. The van der Waals surface area contributed by atoms with E-state index in [1.807, 2.05) is 21.6 Å². The lowest BCUT2D eigenvalue weighted by Crippen LogP contribution is -2.37. The molecule has 0 radical (unpaired) electrons. The monoisotopic (exact) mass is 552 g/mol. The molecule has 1 aliphatic carbocycles. The summed E-state index contributed by atoms with van der Waals surface area (Å²) in [6, 6.07) is 3.90. The Kier molecular flexibility index (Phi) is 8.29. The van der Waals surface area contributed by atoms with Crippen LogP contribution in [0, 0.1) is 18.8 Å². The number of fused-ring (bicyclic) bond motifs is 3. The van der Waals surface area contributed by atoms with Gasteiger partial charge in [-0.1, -0.05) is 19.8 Å². The molecule has 0 saturated heterocycles. The summed E-state index contributed by atoms with van der Waals surface area (Å²) in [5.74, 6) is 1.39. The molecule has 0 unspecified atom stereocenters. The summed E-state index contributed by atoms with van der Waals surface area (Å²) in [6.07, 6.45) is 1.34. The lowest BCUT2D eigenvalue weighted by molar-refractivity contribution is -0.137. The number of halogens is 3. The number of pyridine rings is 1. The number of nitrogens with zero attached hydrogens (tertiary/aromatic N) is 4. The van der Waals surface area contributed by atoms with Gasteiger partial charge in [-0.25, -0.2) is 14.8 Å². The SMILES string of the molecule is Cc1nc(C(F)(F)F)sc1Cn1c2c(c3cccnc31)CCN(C(=O)CC1CCC(C)CC1)C2.O=C(O)O. The van der Waals surface area contributed by atoms with Crippen molar-refractivity contribution in [2.45, 2.75) is 71.6 Å². The van der Waals surface area contributed by atoms with E-state index < -0.39 is 17.3 Å². The Morgan fingerprint density at radius 1 is 1.18 bits per heavy atom. The summed E-state index contributed by atoms with van der Waals surface area (Å²) in [6.45, 7) is 5.30. The predicted octanol–water partition coefficient (Wildman–Crippen LogP) is 6.19. The molecule has 1 fully saturated rings. The molecule has 2 aliphatic rings. The molecule has 0 aromatic carbocycles. The Balaban J connectivity index is 0.000000786. The Hall–Kier alpha value is -3.15. The van der Waals surface area contributed by atoms with Crippen molar-refractivity contribution in [3.8, 4) is 0 Å². The number of thiazole rings is 1. The summed E-state index contributed by atoms with van der Waals surface area (Å²) < 4.78 is 41.7. The van der Waals surface area contributed by atoms with Crippen molar-refractivity contribution in [3.63, 3.8) is 0 Å². The maximum Gasteiger partial charge on any atom is 0.503 e. The van der Waals surface area contributed by atoms with Crippen molar-refractivity contribution in [2.24, 2.45) is 11.8 Å². The van der Waals surface area contributed by atoms with Gasteiger partial charge < -0.3 is 19.7 Å². The second-order valence-corrected chi connectivity index (χ2v) is 11.2. The molecule has 3 aromatic rings. The minimum Gasteiger partial charge on any atom is -0.450 e. The average molecular weight is 553 g/mol. The summed E-state index contributed by atoms with van der Waals surface area (Å²) in [4.78, 5) is 32.6. The van der Waals surface area contributed by atoms with Crippen LogP contribution in [-0.4, -0.2) is 48.3 Å². The molecule has 5 rings (SSSR count). The first-order valence-corrected chi connectivity index (χ1v) is 13.4. The number of carbonyl (C=O) groups excluding carboxylic acids is 1. The Morgan fingerprint density at radius 3 is 2.50 bits per heavy atom. The van der Waals surface area contributed by atoms with E-state index in [2.05, 4.69) is 16.9 Å². The van der Waals surface area contributed by atoms with Gasteiger partial charge in [0.2, 0.25) is 5.91 Å². The Morgan fingerprint density at radius 2 is 1.87 bits per heavy atom. The molecule has 2 N–H and O–H groups in total. The van der Waals surface area contributed by atoms with Gasteiger partial charge in [0.1, 0.15) is 5.65 Å². The molecule has 0 spiro atoms. The number of amides is 1. The van der Waals surface area contributed by atoms with E-state index in [9.17, 15) is 18.0 Å². The maximum atomic E-state index is 13.2. The minimum absolute atomic E-state index is 0.184. The molecular weight excluding hydrogens is 521 g/mol. The third-order valence-corrected chi connectivity index (χ3v) is 8.59. The molecule has 1 amide bonds. The minimum atomic E-state index is -4.45. The highest BCUT2D eigenvalue weighted by atomic mass is 32.1. The van der Waals surface area contributed by atoms with Gasteiger partial charge in [-0.05, 0) is 55.7 Å². The highest BCUT2D eigenvalue weighted by Crippen LogP contribution is 2.37. The van der Waals surface area contributed by atoms with Crippen molar-refractivity contribution in [1.29, 1.82) is 0 Å². The van der Waals surface area contributed by atoms with E-state index in [-0.39, 0.29) is 12.5 Å². The number of hydrogen-bond donors (Lipinski definition) is 2. The third kappa shape index (κ3) is 6.28. The Labute approximate surface area is 222 Å². The van der Waals surface area contributed by atoms with E-state index >= 15 is 0 Å². The largest absolute Gasteiger partial charge is 0.503 e. The van der Waals surface area contributed by atoms with Crippen molar-refractivity contribution in [1.82, 2.24) is 19.4 Å². The lowest BCUT2D eigenvalue weighted by Gasteiger charge is -2.31. The second-order valence-electron chi connectivity index (χ2n) is 10.1. The van der Waals surface area contributed by atoms with Crippen LogP contribution in [0.3, 0.4) is 0 Å². The summed E-state index contributed by atoms with van der Waals surface area (Å²) in [5, 5.41) is 14.1. The molecule has 4 heterocycles. The van der Waals surface area contributed by atoms with Gasteiger partial charge in [0.05, 0.1) is 18.8 Å². The van der Waals surface area contributed by atoms with Gasteiger partial charge in [0.25, 0.3) is 0 Å². The number of alkyl halides is 3. The average Bonchev–Trinajstić information content (AvgIpc) is 3.38. The van der Waals surface area contributed by atoms with Crippen LogP contribution < -0.4 is 0 Å². The predicted molar refractivity (Wildman–Crippen MR) is 136 cm³/mol. The maximum absolute atomic E-state index is 13.2. The number of aromatic nitrogens is 3. The lowest BCUT2D eigenvalue weighted by atomic mass is 9.81. The molecule has 3 aromatic heterocycles. The van der Waals surface area contributed by atoms with Gasteiger partial charge in [-0.2, -0.15) is 13.2 Å². The summed E-state index contributed by atoms with van der Waals surface area (Å²) in [7, 11) is 0. The van der Waals surface area contributed by atoms with Crippen LogP contribution in [0.4, 0.5) is 18.0 Å². The first-order valence-electron chi connectivity index (χ1n) is 12.6. The smallest absolute Gasteiger partial charge is 0.450 e. The van der Waals surface area contributed by atoms with Crippen LogP contribution in [0.1, 0.15) is 65.9 Å². The van der Waals surface area contributed by atoms with E-state index in [0.717, 1.165) is 47.5 Å². The third-order valence-electron chi connectivity index (χ3n) is 7.40. The van der Waals surface area contributed by atoms with E-state index in [4.69, 9.17) is 15.0 Å². The van der Waals surface area contributed by atoms with E-state index in [1.165, 1.54) is 12.8 Å². The van der Waals surface area contributed by atoms with Gasteiger partial charge >= 0.3 is 12.3 Å². The van der Waals surface area contributed by atoms with E-state index in [1.54, 1.807) is 13.1 Å². The van der Waals surface area contributed by atoms with Crippen LogP contribution in [0.15, 0.2) is 18.3 Å². The van der Waals surface area contributed by atoms with Crippen LogP contribution in [0.25, 0.3) is 11.0 Å². The summed E-state index contributed by atoms with van der Waals surface area (Å²) in [5.41, 5.74) is 3.27. The fourth-order valence-electron chi connectivity index (χ4n) is 5.39. The number of rotatable bonds is 4. The second kappa shape index (κ2) is 11.3. The fraction of sp³-hybridized carbons (Fsp3) is 0.538. The van der Waals surface area contributed by atoms with E-state index in [0.29, 0.717) is 47.3 Å². The molecule has 1 aliphatic heterocycles. The molecule has 38 heavy (non-hydrogen) atoms. The standard InChI is InChI=1S/C25H29F3N4OS.CH2O3/c1-15-5-7-17(8-6-15)12-22(33)31-11-9-18-19-4-3-10-29-23(19)32(20(18)13-31)14-21-16(2)30-24(34-21)25(26,27)28;2-1(3)4/h3-4,10,15,17H,5-9,11-14H2,1-2H3;(H2,2,3,4). The van der Waals surface area contributed by atoms with Crippen molar-refractivity contribution in [2.75, 3.05) is 6.54 Å². The zero-order chi connectivity index (χ0) is 27.6. The highest BCUT2D eigenvalue weighted by Gasteiger charge is 2.36. The van der Waals surface area contributed by atoms with Crippen molar-refractivity contribution < 1.29 is 33.0 Å². The van der Waals surface area contributed by atoms with Gasteiger partial charge in [-0.3, -0.25) is 4.79 Å². The summed E-state index contributed by atoms with van der Waals surface area (Å²) >= 11 is 0.689. The van der Waals surface area contributed by atoms with Crippen LogP contribution in [0.5, 0.6) is 0 Å². The molecule has 0 atom stereocenters. The topological polar surface area (TPSA) is 109 Å². The number of carboxylic acid groups (broad SMARTS) is 2. The number of carbonyl (C=O) groups is 2. The van der Waals surface area contributed by atoms with Crippen LogP contribution in [-0.2, 0) is 30.5 Å². The molecule has 8 nitrogen and oxygen atoms in total. The quantitative estimate of drug-likeness (QED) is 0.400. The van der Waals surface area contributed by atoms with Gasteiger partial charge in [0.15, 0.2) is 5.01 Å². The first kappa shape index (κ1) is 27.9. The van der Waals surface area contributed by atoms with Gasteiger partial charge in [-0.15, -0.1) is 11.3 Å². The van der Waals surface area contributed by atoms with Crippen LogP contribution in [0.2, 0.25) is 0 Å². The first-order chi connectivity index (χ1) is 17.9. The molecule has 12 heteroatoms. The van der Waals surface area contributed by atoms with Crippen molar-refractivity contribution in [3.05, 3.63) is 45.2 Å².